The van der Waals surface area contributed by atoms with E-state index in [4.69, 9.17) is 4.74 Å². The predicted molar refractivity (Wildman–Crippen MR) is 81.2 cm³/mol. The second-order valence-corrected chi connectivity index (χ2v) is 4.53. The van der Waals surface area contributed by atoms with Crippen LogP contribution in [0.2, 0.25) is 0 Å². The average molecular weight is 285 g/mol. The van der Waals surface area contributed by atoms with Crippen LogP contribution in [-0.2, 0) is 13.0 Å². The van der Waals surface area contributed by atoms with E-state index >= 15 is 0 Å². The molecule has 2 amide bonds. The maximum Gasteiger partial charge on any atom is 0.315 e. The summed E-state index contributed by atoms with van der Waals surface area (Å²) in [4.78, 5) is 15.8. The molecule has 2 rings (SSSR count). The van der Waals surface area contributed by atoms with Crippen LogP contribution in [0.4, 0.5) is 4.79 Å². The molecule has 5 nitrogen and oxygen atoms in total. The lowest BCUT2D eigenvalue weighted by Crippen LogP contribution is -2.36. The Bertz CT molecular complexity index is 573. The van der Waals surface area contributed by atoms with Crippen molar-refractivity contribution in [2.75, 3.05) is 13.7 Å². The van der Waals surface area contributed by atoms with E-state index in [0.717, 1.165) is 23.3 Å². The van der Waals surface area contributed by atoms with Crippen LogP contribution in [0.15, 0.2) is 48.8 Å². The minimum absolute atomic E-state index is 0.190. The molecular weight excluding hydrogens is 266 g/mol. The fourth-order valence-corrected chi connectivity index (χ4v) is 1.95. The van der Waals surface area contributed by atoms with Crippen LogP contribution < -0.4 is 15.4 Å². The zero-order chi connectivity index (χ0) is 14.9. The molecular formula is C16H19N3O2. The van der Waals surface area contributed by atoms with Crippen LogP contribution in [0.25, 0.3) is 0 Å². The van der Waals surface area contributed by atoms with Crippen molar-refractivity contribution in [3.8, 4) is 5.75 Å². The van der Waals surface area contributed by atoms with Gasteiger partial charge < -0.3 is 15.4 Å². The number of urea groups is 1. The molecule has 1 aromatic carbocycles. The summed E-state index contributed by atoms with van der Waals surface area (Å²) in [5.41, 5.74) is 2.05. The first-order valence-electron chi connectivity index (χ1n) is 6.82. The molecule has 2 N–H and O–H groups in total. The van der Waals surface area contributed by atoms with Gasteiger partial charge in [-0.3, -0.25) is 4.98 Å². The lowest BCUT2D eigenvalue weighted by atomic mass is 10.2. The molecule has 1 heterocycles. The van der Waals surface area contributed by atoms with Gasteiger partial charge in [-0.05, 0) is 24.1 Å². The minimum Gasteiger partial charge on any atom is -0.496 e. The van der Waals surface area contributed by atoms with Gasteiger partial charge in [-0.15, -0.1) is 0 Å². The van der Waals surface area contributed by atoms with Crippen molar-refractivity contribution < 1.29 is 9.53 Å². The summed E-state index contributed by atoms with van der Waals surface area (Å²) in [7, 11) is 1.62. The summed E-state index contributed by atoms with van der Waals surface area (Å²) in [5, 5.41) is 5.63. The number of amides is 2. The normalized spacial score (nSPS) is 9.95. The number of ether oxygens (including phenoxy) is 1. The Labute approximate surface area is 124 Å². The standard InChI is InChI=1S/C16H19N3O2/c1-21-15-7-3-2-6-14(15)12-19-16(20)18-10-8-13-5-4-9-17-11-13/h2-7,9,11H,8,10,12H2,1H3,(H2,18,19,20). The fraction of sp³-hybridized carbons (Fsp3) is 0.250. The molecule has 2 aromatic rings. The van der Waals surface area contributed by atoms with E-state index in [1.165, 1.54) is 0 Å². The maximum atomic E-state index is 11.7. The molecule has 0 spiro atoms. The highest BCUT2D eigenvalue weighted by Gasteiger charge is 2.04. The van der Waals surface area contributed by atoms with Crippen molar-refractivity contribution in [3.63, 3.8) is 0 Å². The van der Waals surface area contributed by atoms with E-state index in [1.54, 1.807) is 19.5 Å². The number of carbonyl (C=O) groups is 1. The van der Waals surface area contributed by atoms with Crippen LogP contribution in [0.1, 0.15) is 11.1 Å². The van der Waals surface area contributed by atoms with Gasteiger partial charge in [0.1, 0.15) is 5.75 Å². The van der Waals surface area contributed by atoms with E-state index in [2.05, 4.69) is 15.6 Å². The van der Waals surface area contributed by atoms with Crippen molar-refractivity contribution in [3.05, 3.63) is 59.9 Å². The number of para-hydroxylation sites is 1. The number of hydrogen-bond donors (Lipinski definition) is 2. The van der Waals surface area contributed by atoms with Crippen LogP contribution in [-0.4, -0.2) is 24.7 Å². The number of nitrogens with zero attached hydrogens (tertiary/aromatic N) is 1. The van der Waals surface area contributed by atoms with Crippen molar-refractivity contribution in [1.29, 1.82) is 0 Å². The molecule has 0 fully saturated rings. The monoisotopic (exact) mass is 285 g/mol. The summed E-state index contributed by atoms with van der Waals surface area (Å²) in [6.07, 6.45) is 4.29. The number of carbonyl (C=O) groups excluding carboxylic acids is 1. The first kappa shape index (κ1) is 14.8. The Kier molecular flexibility index (Phi) is 5.58. The van der Waals surface area contributed by atoms with Gasteiger partial charge in [0.15, 0.2) is 0 Å². The van der Waals surface area contributed by atoms with Crippen LogP contribution >= 0.6 is 0 Å². The minimum atomic E-state index is -0.190. The highest BCUT2D eigenvalue weighted by molar-refractivity contribution is 5.73. The number of pyridine rings is 1. The van der Waals surface area contributed by atoms with Crippen molar-refractivity contribution in [2.45, 2.75) is 13.0 Å². The first-order valence-corrected chi connectivity index (χ1v) is 6.82. The Hall–Kier alpha value is -2.56. The van der Waals surface area contributed by atoms with Crippen molar-refractivity contribution in [1.82, 2.24) is 15.6 Å². The Morgan fingerprint density at radius 2 is 2.05 bits per heavy atom. The van der Waals surface area contributed by atoms with E-state index in [-0.39, 0.29) is 6.03 Å². The Balaban J connectivity index is 1.72. The van der Waals surface area contributed by atoms with Gasteiger partial charge in [-0.1, -0.05) is 24.3 Å². The molecule has 0 aliphatic rings. The smallest absolute Gasteiger partial charge is 0.315 e. The summed E-state index contributed by atoms with van der Waals surface area (Å²) in [5.74, 6) is 0.771. The summed E-state index contributed by atoms with van der Waals surface area (Å²) in [6, 6.07) is 11.3. The zero-order valence-corrected chi connectivity index (χ0v) is 12.0. The highest BCUT2D eigenvalue weighted by atomic mass is 16.5. The first-order chi connectivity index (χ1) is 10.3. The highest BCUT2D eigenvalue weighted by Crippen LogP contribution is 2.16. The van der Waals surface area contributed by atoms with Gasteiger partial charge in [-0.25, -0.2) is 4.79 Å². The second-order valence-electron chi connectivity index (χ2n) is 4.53. The molecule has 0 saturated heterocycles. The van der Waals surface area contributed by atoms with Gasteiger partial charge in [0.2, 0.25) is 0 Å². The van der Waals surface area contributed by atoms with E-state index < -0.39 is 0 Å². The lowest BCUT2D eigenvalue weighted by molar-refractivity contribution is 0.240. The molecule has 5 heteroatoms. The third-order valence-corrected chi connectivity index (χ3v) is 3.05. The van der Waals surface area contributed by atoms with Gasteiger partial charge >= 0.3 is 6.03 Å². The van der Waals surface area contributed by atoms with Crippen LogP contribution in [0.5, 0.6) is 5.75 Å². The summed E-state index contributed by atoms with van der Waals surface area (Å²) in [6.45, 7) is 1.01. The number of hydrogen-bond acceptors (Lipinski definition) is 3. The largest absolute Gasteiger partial charge is 0.496 e. The zero-order valence-electron chi connectivity index (χ0n) is 12.0. The van der Waals surface area contributed by atoms with Crippen molar-refractivity contribution >= 4 is 6.03 Å². The van der Waals surface area contributed by atoms with Crippen LogP contribution in [0, 0.1) is 0 Å². The summed E-state index contributed by atoms with van der Waals surface area (Å²) >= 11 is 0. The molecule has 0 bridgehead atoms. The molecule has 0 aliphatic heterocycles. The molecule has 1 aromatic heterocycles. The molecule has 0 radical (unpaired) electrons. The lowest BCUT2D eigenvalue weighted by Gasteiger charge is -2.10. The van der Waals surface area contributed by atoms with Gasteiger partial charge in [0.25, 0.3) is 0 Å². The molecule has 0 unspecified atom stereocenters. The van der Waals surface area contributed by atoms with Crippen molar-refractivity contribution in [2.24, 2.45) is 0 Å². The second kappa shape index (κ2) is 7.89. The van der Waals surface area contributed by atoms with E-state index in [9.17, 15) is 4.79 Å². The number of aromatic nitrogens is 1. The molecule has 110 valence electrons. The Morgan fingerprint density at radius 3 is 2.81 bits per heavy atom. The van der Waals surface area contributed by atoms with E-state index in [1.807, 2.05) is 36.4 Å². The maximum absolute atomic E-state index is 11.7. The quantitative estimate of drug-likeness (QED) is 0.854. The number of benzene rings is 1. The van der Waals surface area contributed by atoms with Gasteiger partial charge in [0, 0.05) is 31.0 Å². The SMILES string of the molecule is COc1ccccc1CNC(=O)NCCc1cccnc1. The number of rotatable bonds is 6. The van der Waals surface area contributed by atoms with Gasteiger partial charge in [-0.2, -0.15) is 0 Å². The molecule has 21 heavy (non-hydrogen) atoms. The summed E-state index contributed by atoms with van der Waals surface area (Å²) < 4.78 is 5.24. The Morgan fingerprint density at radius 1 is 1.19 bits per heavy atom. The van der Waals surface area contributed by atoms with Crippen LogP contribution in [0.3, 0.4) is 0 Å². The molecule has 0 saturated carbocycles. The average Bonchev–Trinajstić information content (AvgIpc) is 2.54. The fourth-order valence-electron chi connectivity index (χ4n) is 1.95. The number of methoxy groups -OCH3 is 1. The third kappa shape index (κ3) is 4.80. The number of nitrogens with one attached hydrogen (secondary N) is 2. The third-order valence-electron chi connectivity index (χ3n) is 3.05. The topological polar surface area (TPSA) is 63.2 Å². The van der Waals surface area contributed by atoms with Gasteiger partial charge in [0.05, 0.1) is 7.11 Å². The molecule has 0 atom stereocenters. The predicted octanol–water partition coefficient (Wildman–Crippen LogP) is 2.13. The molecule has 0 aliphatic carbocycles. The van der Waals surface area contributed by atoms with E-state index in [0.29, 0.717) is 13.1 Å².